The predicted molar refractivity (Wildman–Crippen MR) is 33.6 cm³/mol. The first kappa shape index (κ1) is 6.32. The van der Waals surface area contributed by atoms with Crippen LogP contribution in [0.15, 0.2) is 22.1 Å². The maximum absolute atomic E-state index is 2.40. The van der Waals surface area contributed by atoms with Gasteiger partial charge in [-0.15, -0.1) is 0 Å². The van der Waals surface area contributed by atoms with Crippen LogP contribution < -0.4 is 0 Å². The summed E-state index contributed by atoms with van der Waals surface area (Å²) in [4.78, 5) is 0. The molecule has 0 heterocycles. The van der Waals surface area contributed by atoms with Gasteiger partial charge in [0.2, 0.25) is 0 Å². The van der Waals surface area contributed by atoms with Gasteiger partial charge < -0.3 is 0 Å². The Balaban J connectivity index is 2.51. The minimum atomic E-state index is -0.657. The molecular formula is C7H11Ti. The Hall–Kier alpha value is 0.194. The van der Waals surface area contributed by atoms with Gasteiger partial charge in [0.15, 0.2) is 0 Å². The van der Waals surface area contributed by atoms with Crippen molar-refractivity contribution in [1.29, 1.82) is 0 Å². The van der Waals surface area contributed by atoms with Crippen molar-refractivity contribution in [3.63, 3.8) is 0 Å². The third kappa shape index (κ3) is 1.33. The van der Waals surface area contributed by atoms with Gasteiger partial charge in [-0.2, -0.15) is 0 Å². The van der Waals surface area contributed by atoms with Gasteiger partial charge in [-0.05, 0) is 0 Å². The molecule has 0 unspecified atom stereocenters. The van der Waals surface area contributed by atoms with Gasteiger partial charge in [0.1, 0.15) is 0 Å². The molecule has 8 heavy (non-hydrogen) atoms. The van der Waals surface area contributed by atoms with Crippen LogP contribution in [0.5, 0.6) is 0 Å². The second-order valence-corrected chi connectivity index (χ2v) is 6.45. The molecule has 0 nitrogen and oxygen atoms in total. The van der Waals surface area contributed by atoms with E-state index in [0.29, 0.717) is 0 Å². The van der Waals surface area contributed by atoms with E-state index in [1.807, 2.05) is 0 Å². The fourth-order valence-corrected chi connectivity index (χ4v) is 2.31. The summed E-state index contributed by atoms with van der Waals surface area (Å²) in [5.74, 6) is 0. The van der Waals surface area contributed by atoms with E-state index in [4.69, 9.17) is 0 Å². The van der Waals surface area contributed by atoms with Crippen LogP contribution in [0.2, 0.25) is 10.5 Å². The summed E-state index contributed by atoms with van der Waals surface area (Å²) in [6.07, 6.45) is 7.96. The first-order valence-electron chi connectivity index (χ1n) is 2.97. The summed E-state index contributed by atoms with van der Waals surface area (Å²) in [5.41, 5.74) is 0. The molecule has 0 radical (unpaired) electrons. The molecule has 43 valence electrons. The van der Waals surface area contributed by atoms with Crippen LogP contribution in [-0.2, 0) is 17.9 Å². The molecule has 0 bridgehead atoms. The van der Waals surface area contributed by atoms with Gasteiger partial charge in [0, 0.05) is 0 Å². The third-order valence-corrected chi connectivity index (χ3v) is 4.00. The van der Waals surface area contributed by atoms with Crippen molar-refractivity contribution in [1.82, 2.24) is 0 Å². The molecule has 0 amide bonds. The average molecular weight is 143 g/mol. The zero-order valence-corrected chi connectivity index (χ0v) is 7.00. The Labute approximate surface area is 57.1 Å². The van der Waals surface area contributed by atoms with Crippen LogP contribution in [0.1, 0.15) is 6.42 Å². The first-order valence-corrected chi connectivity index (χ1v) is 6.87. The summed E-state index contributed by atoms with van der Waals surface area (Å²) in [6, 6.07) is 0. The van der Waals surface area contributed by atoms with Crippen LogP contribution >= 0.6 is 0 Å². The Bertz CT molecular complexity index is 131. The SMILES string of the molecule is [CH3][Ti]([CH3])[C]1=CC=CC1. The molecule has 0 fully saturated rings. The molecule has 0 aromatic rings. The molecule has 1 heteroatoms. The summed E-state index contributed by atoms with van der Waals surface area (Å²) in [7, 11) is 0. The summed E-state index contributed by atoms with van der Waals surface area (Å²) < 4.78 is 1.73. The van der Waals surface area contributed by atoms with E-state index in [-0.39, 0.29) is 0 Å². The van der Waals surface area contributed by atoms with Crippen molar-refractivity contribution < 1.29 is 17.9 Å². The van der Waals surface area contributed by atoms with E-state index in [0.717, 1.165) is 0 Å². The van der Waals surface area contributed by atoms with E-state index in [9.17, 15) is 0 Å². The first-order chi connectivity index (χ1) is 3.80. The number of hydrogen-bond donors (Lipinski definition) is 0. The van der Waals surface area contributed by atoms with Crippen LogP contribution in [0.3, 0.4) is 0 Å². The zero-order valence-electron chi connectivity index (χ0n) is 5.44. The number of hydrogen-bond acceptors (Lipinski definition) is 0. The molecule has 0 aromatic heterocycles. The topological polar surface area (TPSA) is 0 Å². The van der Waals surface area contributed by atoms with Crippen LogP contribution in [0.25, 0.3) is 0 Å². The van der Waals surface area contributed by atoms with Crippen molar-refractivity contribution in [2.75, 3.05) is 0 Å². The van der Waals surface area contributed by atoms with Crippen LogP contribution in [0.4, 0.5) is 0 Å². The maximum atomic E-state index is 2.40. The Morgan fingerprint density at radius 1 is 1.50 bits per heavy atom. The molecule has 0 N–H and O–H groups in total. The molecule has 0 aromatic carbocycles. The second kappa shape index (κ2) is 2.66. The van der Waals surface area contributed by atoms with Gasteiger partial charge in [0.05, 0.1) is 0 Å². The van der Waals surface area contributed by atoms with Crippen LogP contribution in [0, 0.1) is 0 Å². The van der Waals surface area contributed by atoms with Gasteiger partial charge in [-0.25, -0.2) is 0 Å². The fraction of sp³-hybridized carbons (Fsp3) is 0.429. The molecule has 1 aliphatic rings. The Morgan fingerprint density at radius 3 is 2.50 bits per heavy atom. The molecule has 0 atom stereocenters. The third-order valence-electron chi connectivity index (χ3n) is 1.41. The summed E-state index contributed by atoms with van der Waals surface area (Å²) in [6.45, 7) is 0. The second-order valence-electron chi connectivity index (χ2n) is 2.32. The Morgan fingerprint density at radius 2 is 2.25 bits per heavy atom. The quantitative estimate of drug-likeness (QED) is 0.494. The normalized spacial score (nSPS) is 16.5. The fourth-order valence-electron chi connectivity index (χ4n) is 0.818. The molecule has 0 saturated carbocycles. The molecule has 0 saturated heterocycles. The summed E-state index contributed by atoms with van der Waals surface area (Å²) >= 11 is -0.657. The Kier molecular flexibility index (Phi) is 2.10. The van der Waals surface area contributed by atoms with Gasteiger partial charge in [-0.3, -0.25) is 0 Å². The zero-order chi connectivity index (χ0) is 5.98. The average Bonchev–Trinajstić information content (AvgIpc) is 2.12. The van der Waals surface area contributed by atoms with Crippen molar-refractivity contribution >= 4 is 0 Å². The van der Waals surface area contributed by atoms with E-state index >= 15 is 0 Å². The predicted octanol–water partition coefficient (Wildman–Crippen LogP) is 2.54. The van der Waals surface area contributed by atoms with Crippen molar-refractivity contribution in [2.45, 2.75) is 16.9 Å². The molecule has 0 aliphatic heterocycles. The molecule has 1 aliphatic carbocycles. The van der Waals surface area contributed by atoms with E-state index in [1.54, 1.807) is 3.88 Å². The van der Waals surface area contributed by atoms with E-state index in [1.165, 1.54) is 6.42 Å². The van der Waals surface area contributed by atoms with E-state index < -0.39 is 17.9 Å². The van der Waals surface area contributed by atoms with Gasteiger partial charge in [0.25, 0.3) is 0 Å². The minimum absolute atomic E-state index is 0.657. The molecule has 1 rings (SSSR count). The van der Waals surface area contributed by atoms with Crippen molar-refractivity contribution in [3.05, 3.63) is 22.1 Å². The standard InChI is InChI=1S/C5H5.2CH3.Ti/c1-2-4-5-3-1;;;/h1-3H,4H2;2*1H3;. The van der Waals surface area contributed by atoms with Crippen LogP contribution in [-0.4, -0.2) is 0 Å². The van der Waals surface area contributed by atoms with Gasteiger partial charge >= 0.3 is 56.9 Å². The number of allylic oxidation sites excluding steroid dienone is 4. The molecular weight excluding hydrogens is 132 g/mol. The van der Waals surface area contributed by atoms with Crippen molar-refractivity contribution in [2.24, 2.45) is 0 Å². The molecule has 0 spiro atoms. The van der Waals surface area contributed by atoms with Gasteiger partial charge in [-0.1, -0.05) is 0 Å². The monoisotopic (exact) mass is 143 g/mol. The summed E-state index contributed by atoms with van der Waals surface area (Å²) in [5, 5.41) is 4.80. The van der Waals surface area contributed by atoms with E-state index in [2.05, 4.69) is 28.7 Å². The number of rotatable bonds is 1. The van der Waals surface area contributed by atoms with Crippen molar-refractivity contribution in [3.8, 4) is 0 Å².